The van der Waals surface area contributed by atoms with Crippen molar-refractivity contribution in [3.05, 3.63) is 11.9 Å². The van der Waals surface area contributed by atoms with Crippen LogP contribution >= 0.6 is 0 Å². The van der Waals surface area contributed by atoms with E-state index in [1.165, 1.54) is 6.33 Å². The fraction of sp³-hybridized carbons (Fsp3) is 0.615. The highest BCUT2D eigenvalue weighted by atomic mass is 16.5. The Balaban J connectivity index is 2.69. The van der Waals surface area contributed by atoms with E-state index in [1.54, 1.807) is 12.0 Å². The number of nitrogen functional groups attached to an aromatic ring is 1. The fourth-order valence-corrected chi connectivity index (χ4v) is 1.87. The van der Waals surface area contributed by atoms with Crippen molar-refractivity contribution in [1.29, 1.82) is 0 Å². The Morgan fingerprint density at radius 3 is 2.90 bits per heavy atom. The number of rotatable bonds is 8. The third-order valence-electron chi connectivity index (χ3n) is 2.83. The van der Waals surface area contributed by atoms with Gasteiger partial charge in [0, 0.05) is 26.3 Å². The fourth-order valence-electron chi connectivity index (χ4n) is 1.87. The lowest BCUT2D eigenvalue weighted by molar-refractivity contribution is -0.119. The summed E-state index contributed by atoms with van der Waals surface area (Å²) in [6.45, 7) is 3.28. The molecule has 0 aromatic carbocycles. The second kappa shape index (κ2) is 8.31. The average molecular weight is 281 g/mol. The molecule has 0 saturated heterocycles. The van der Waals surface area contributed by atoms with E-state index in [1.807, 2.05) is 7.05 Å². The average Bonchev–Trinajstić information content (AvgIpc) is 2.41. The lowest BCUT2D eigenvalue weighted by Crippen LogP contribution is -2.37. The highest BCUT2D eigenvalue weighted by Gasteiger charge is 2.14. The van der Waals surface area contributed by atoms with Crippen LogP contribution in [0.25, 0.3) is 0 Å². The monoisotopic (exact) mass is 281 g/mol. The second-order valence-corrected chi connectivity index (χ2v) is 4.51. The SMILES string of the molecule is CCCc1c(N)ncnc1N(C)CC(=O)NCCOC. The van der Waals surface area contributed by atoms with Crippen LogP contribution in [0.4, 0.5) is 11.6 Å². The van der Waals surface area contributed by atoms with Gasteiger partial charge in [-0.3, -0.25) is 4.79 Å². The molecule has 0 saturated carbocycles. The normalized spacial score (nSPS) is 10.3. The highest BCUT2D eigenvalue weighted by Crippen LogP contribution is 2.21. The maximum absolute atomic E-state index is 11.8. The third kappa shape index (κ3) is 4.65. The number of aromatic nitrogens is 2. The van der Waals surface area contributed by atoms with Crippen LogP contribution in [0.15, 0.2) is 6.33 Å². The van der Waals surface area contributed by atoms with Crippen molar-refractivity contribution < 1.29 is 9.53 Å². The molecule has 1 aromatic rings. The maximum atomic E-state index is 11.8. The van der Waals surface area contributed by atoms with Gasteiger partial charge in [-0.15, -0.1) is 0 Å². The number of carbonyl (C=O) groups is 1. The Labute approximate surface area is 119 Å². The molecule has 1 rings (SSSR count). The molecule has 0 fully saturated rings. The number of hydrogen-bond acceptors (Lipinski definition) is 6. The molecule has 0 bridgehead atoms. The minimum atomic E-state index is -0.0795. The van der Waals surface area contributed by atoms with Crippen molar-refractivity contribution in [2.75, 3.05) is 44.5 Å². The van der Waals surface area contributed by atoms with Gasteiger partial charge in [-0.1, -0.05) is 13.3 Å². The first-order valence-electron chi connectivity index (χ1n) is 6.66. The van der Waals surface area contributed by atoms with E-state index in [9.17, 15) is 4.79 Å². The molecule has 0 radical (unpaired) electrons. The van der Waals surface area contributed by atoms with Crippen molar-refractivity contribution in [1.82, 2.24) is 15.3 Å². The molecule has 3 N–H and O–H groups in total. The van der Waals surface area contributed by atoms with E-state index in [4.69, 9.17) is 10.5 Å². The first-order chi connectivity index (χ1) is 9.60. The summed E-state index contributed by atoms with van der Waals surface area (Å²) in [5.74, 6) is 1.11. The van der Waals surface area contributed by atoms with Crippen LogP contribution in [0.3, 0.4) is 0 Å². The van der Waals surface area contributed by atoms with Crippen LogP contribution in [-0.2, 0) is 16.0 Å². The topological polar surface area (TPSA) is 93.4 Å². The molecule has 20 heavy (non-hydrogen) atoms. The molecule has 0 aliphatic heterocycles. The van der Waals surface area contributed by atoms with Crippen LogP contribution in [0.2, 0.25) is 0 Å². The summed E-state index contributed by atoms with van der Waals surface area (Å²) in [5.41, 5.74) is 6.77. The van der Waals surface area contributed by atoms with Gasteiger partial charge in [0.05, 0.1) is 13.2 Å². The van der Waals surface area contributed by atoms with Gasteiger partial charge in [-0.05, 0) is 6.42 Å². The number of hydrogen-bond donors (Lipinski definition) is 2. The van der Waals surface area contributed by atoms with Crippen LogP contribution in [0.5, 0.6) is 0 Å². The Morgan fingerprint density at radius 2 is 2.25 bits per heavy atom. The van der Waals surface area contributed by atoms with Gasteiger partial charge in [-0.25, -0.2) is 9.97 Å². The summed E-state index contributed by atoms with van der Waals surface area (Å²) in [4.78, 5) is 21.8. The van der Waals surface area contributed by atoms with E-state index in [0.717, 1.165) is 18.4 Å². The zero-order valence-electron chi connectivity index (χ0n) is 12.3. The van der Waals surface area contributed by atoms with Crippen LogP contribution < -0.4 is 16.0 Å². The van der Waals surface area contributed by atoms with Crippen LogP contribution in [-0.4, -0.2) is 49.7 Å². The summed E-state index contributed by atoms with van der Waals surface area (Å²) in [7, 11) is 3.41. The van der Waals surface area contributed by atoms with Crippen molar-refractivity contribution in [3.8, 4) is 0 Å². The number of amides is 1. The van der Waals surface area contributed by atoms with Crippen LogP contribution in [0, 0.1) is 0 Å². The molecular formula is C13H23N5O2. The van der Waals surface area contributed by atoms with Crippen molar-refractivity contribution in [2.45, 2.75) is 19.8 Å². The molecule has 0 unspecified atom stereocenters. The Morgan fingerprint density at radius 1 is 1.50 bits per heavy atom. The molecule has 1 heterocycles. The van der Waals surface area contributed by atoms with E-state index in [2.05, 4.69) is 22.2 Å². The summed E-state index contributed by atoms with van der Waals surface area (Å²) >= 11 is 0. The smallest absolute Gasteiger partial charge is 0.239 e. The van der Waals surface area contributed by atoms with Crippen LogP contribution in [0.1, 0.15) is 18.9 Å². The lowest BCUT2D eigenvalue weighted by Gasteiger charge is -2.21. The number of ether oxygens (including phenoxy) is 1. The molecule has 7 heteroatoms. The third-order valence-corrected chi connectivity index (χ3v) is 2.83. The number of nitrogens with one attached hydrogen (secondary N) is 1. The molecule has 1 amide bonds. The quantitative estimate of drug-likeness (QED) is 0.662. The molecule has 0 aliphatic carbocycles. The molecular weight excluding hydrogens is 258 g/mol. The second-order valence-electron chi connectivity index (χ2n) is 4.51. The minimum absolute atomic E-state index is 0.0795. The molecule has 112 valence electrons. The first-order valence-corrected chi connectivity index (χ1v) is 6.66. The van der Waals surface area contributed by atoms with Gasteiger partial charge >= 0.3 is 0 Å². The Bertz CT molecular complexity index is 439. The largest absolute Gasteiger partial charge is 0.383 e. The number of likely N-dealkylation sites (N-methyl/N-ethyl adjacent to an activating group) is 1. The summed E-state index contributed by atoms with van der Waals surface area (Å²) in [5, 5.41) is 2.77. The van der Waals surface area contributed by atoms with Gasteiger partial charge in [0.15, 0.2) is 0 Å². The predicted octanol–water partition coefficient (Wildman–Crippen LogP) is 0.210. The Kier molecular flexibility index (Phi) is 6.72. The maximum Gasteiger partial charge on any atom is 0.239 e. The van der Waals surface area contributed by atoms with Gasteiger partial charge < -0.3 is 20.7 Å². The van der Waals surface area contributed by atoms with Gasteiger partial charge in [0.2, 0.25) is 5.91 Å². The number of nitrogens with two attached hydrogens (primary N) is 1. The standard InChI is InChI=1S/C13H23N5O2/c1-4-5-10-12(14)16-9-17-13(10)18(2)8-11(19)15-6-7-20-3/h9H,4-8H2,1-3H3,(H,15,19)(H2,14,16,17). The van der Waals surface area contributed by atoms with Crippen molar-refractivity contribution in [3.63, 3.8) is 0 Å². The van der Waals surface area contributed by atoms with E-state index in [-0.39, 0.29) is 12.5 Å². The Hall–Kier alpha value is -1.89. The molecule has 0 spiro atoms. The number of methoxy groups -OCH3 is 1. The number of nitrogens with zero attached hydrogens (tertiary/aromatic N) is 3. The highest BCUT2D eigenvalue weighted by molar-refractivity contribution is 5.81. The lowest BCUT2D eigenvalue weighted by atomic mass is 10.1. The van der Waals surface area contributed by atoms with E-state index < -0.39 is 0 Å². The molecule has 0 atom stereocenters. The van der Waals surface area contributed by atoms with E-state index in [0.29, 0.717) is 24.8 Å². The molecule has 7 nitrogen and oxygen atoms in total. The summed E-state index contributed by atoms with van der Waals surface area (Å²) in [6.07, 6.45) is 3.15. The summed E-state index contributed by atoms with van der Waals surface area (Å²) in [6, 6.07) is 0. The zero-order valence-corrected chi connectivity index (χ0v) is 12.3. The van der Waals surface area contributed by atoms with Crippen molar-refractivity contribution >= 4 is 17.5 Å². The number of anilines is 2. The zero-order chi connectivity index (χ0) is 15.0. The minimum Gasteiger partial charge on any atom is -0.383 e. The van der Waals surface area contributed by atoms with Gasteiger partial charge in [-0.2, -0.15) is 0 Å². The van der Waals surface area contributed by atoms with Crippen molar-refractivity contribution in [2.24, 2.45) is 0 Å². The first kappa shape index (κ1) is 16.2. The molecule has 0 aliphatic rings. The van der Waals surface area contributed by atoms with Gasteiger partial charge in [0.25, 0.3) is 0 Å². The summed E-state index contributed by atoms with van der Waals surface area (Å²) < 4.78 is 4.88. The molecule has 1 aromatic heterocycles. The van der Waals surface area contributed by atoms with Gasteiger partial charge in [0.1, 0.15) is 18.0 Å². The van der Waals surface area contributed by atoms with E-state index >= 15 is 0 Å². The number of carbonyl (C=O) groups excluding carboxylic acids is 1. The predicted molar refractivity (Wildman–Crippen MR) is 78.6 cm³/mol.